The summed E-state index contributed by atoms with van der Waals surface area (Å²) in [5.74, 6) is 0.258. The number of hydrogen-bond donors (Lipinski definition) is 0. The van der Waals surface area contributed by atoms with Gasteiger partial charge in [-0.05, 0) is 46.4 Å². The highest BCUT2D eigenvalue weighted by Gasteiger charge is 2.43. The van der Waals surface area contributed by atoms with Crippen LogP contribution >= 0.6 is 0 Å². The van der Waals surface area contributed by atoms with Crippen molar-refractivity contribution in [2.45, 2.75) is 71.1 Å². The maximum atomic E-state index is 13.2. The van der Waals surface area contributed by atoms with Crippen molar-refractivity contribution in [3.63, 3.8) is 0 Å². The van der Waals surface area contributed by atoms with Crippen LogP contribution in [0.15, 0.2) is 42.5 Å². The first-order valence-corrected chi connectivity index (χ1v) is 9.22. The van der Waals surface area contributed by atoms with Gasteiger partial charge >= 0.3 is 0 Å². The molecule has 1 aliphatic rings. The number of ketones is 1. The van der Waals surface area contributed by atoms with Gasteiger partial charge < -0.3 is 0 Å². The average molecular weight is 335 g/mol. The first kappa shape index (κ1) is 17.9. The van der Waals surface area contributed by atoms with Gasteiger partial charge in [-0.3, -0.25) is 4.79 Å². The van der Waals surface area contributed by atoms with Crippen molar-refractivity contribution in [2.75, 3.05) is 0 Å². The number of hydrogen-bond acceptors (Lipinski definition) is 1. The number of carbonyl (C=O) groups is 1. The van der Waals surface area contributed by atoms with Crippen molar-refractivity contribution in [2.24, 2.45) is 0 Å². The molecule has 25 heavy (non-hydrogen) atoms. The molecule has 1 unspecified atom stereocenters. The van der Waals surface area contributed by atoms with Crippen LogP contribution in [0.3, 0.4) is 0 Å². The van der Waals surface area contributed by atoms with E-state index in [9.17, 15) is 4.79 Å². The predicted molar refractivity (Wildman–Crippen MR) is 106 cm³/mol. The molecule has 0 saturated carbocycles. The molecule has 0 N–H and O–H groups in total. The summed E-state index contributed by atoms with van der Waals surface area (Å²) >= 11 is 0. The molecule has 0 heterocycles. The second-order valence-electron chi connectivity index (χ2n) is 9.79. The van der Waals surface area contributed by atoms with Gasteiger partial charge in [-0.25, -0.2) is 0 Å². The standard InChI is InChI=1S/C24H30O/c1-22(2,3)17-12-18(23(4,5)6)14-19(13-17)24(7)15-16-10-8-9-11-20(16)21(24)25/h8-14H,15H2,1-7H3. The number of Topliss-reactive ketones (excluding diaryl/α,β-unsaturated/α-hetero) is 1. The largest absolute Gasteiger partial charge is 0.293 e. The van der Waals surface area contributed by atoms with E-state index in [1.165, 1.54) is 16.7 Å². The predicted octanol–water partition coefficient (Wildman–Crippen LogP) is 5.98. The molecule has 2 aromatic rings. The first-order valence-electron chi connectivity index (χ1n) is 9.22. The molecule has 0 bridgehead atoms. The Balaban J connectivity index is 2.19. The summed E-state index contributed by atoms with van der Waals surface area (Å²) < 4.78 is 0. The van der Waals surface area contributed by atoms with Crippen molar-refractivity contribution in [1.29, 1.82) is 0 Å². The van der Waals surface area contributed by atoms with E-state index in [1.807, 2.05) is 18.2 Å². The van der Waals surface area contributed by atoms with Crippen LogP contribution in [0.25, 0.3) is 0 Å². The van der Waals surface area contributed by atoms with Crippen LogP contribution in [-0.4, -0.2) is 5.78 Å². The second kappa shape index (κ2) is 5.56. The Morgan fingerprint density at radius 3 is 1.84 bits per heavy atom. The Bertz CT molecular complexity index is 798. The van der Waals surface area contributed by atoms with Crippen LogP contribution < -0.4 is 0 Å². The Hall–Kier alpha value is -1.89. The highest BCUT2D eigenvalue weighted by molar-refractivity contribution is 6.08. The average Bonchev–Trinajstić information content (AvgIpc) is 2.78. The zero-order valence-electron chi connectivity index (χ0n) is 16.7. The maximum Gasteiger partial charge on any atom is 0.173 e. The van der Waals surface area contributed by atoms with E-state index in [0.29, 0.717) is 0 Å². The molecular formula is C24H30O. The molecule has 0 spiro atoms. The molecule has 1 nitrogen and oxygen atoms in total. The van der Waals surface area contributed by atoms with Crippen molar-refractivity contribution < 1.29 is 4.79 Å². The molecule has 0 aliphatic heterocycles. The Kier molecular flexibility index (Phi) is 3.98. The van der Waals surface area contributed by atoms with Gasteiger partial charge in [0.1, 0.15) is 0 Å². The van der Waals surface area contributed by atoms with E-state index in [4.69, 9.17) is 0 Å². The molecule has 0 saturated heterocycles. The minimum Gasteiger partial charge on any atom is -0.293 e. The van der Waals surface area contributed by atoms with Crippen LogP contribution in [0, 0.1) is 0 Å². The summed E-state index contributed by atoms with van der Waals surface area (Å²) in [4.78, 5) is 13.2. The number of benzene rings is 2. The third-order valence-electron chi connectivity index (χ3n) is 5.61. The van der Waals surface area contributed by atoms with Gasteiger partial charge in [-0.1, -0.05) is 84.0 Å². The van der Waals surface area contributed by atoms with Crippen molar-refractivity contribution >= 4 is 5.78 Å². The highest BCUT2D eigenvalue weighted by atomic mass is 16.1. The van der Waals surface area contributed by atoms with E-state index in [1.54, 1.807) is 0 Å². The van der Waals surface area contributed by atoms with Crippen LogP contribution in [0.1, 0.15) is 81.1 Å². The minimum atomic E-state index is -0.467. The van der Waals surface area contributed by atoms with E-state index >= 15 is 0 Å². The lowest BCUT2D eigenvalue weighted by Crippen LogP contribution is -2.31. The SMILES string of the molecule is CC(C)(C)c1cc(C(C)(C)C)cc(C2(C)Cc3ccccc3C2=O)c1. The topological polar surface area (TPSA) is 17.1 Å². The van der Waals surface area contributed by atoms with Crippen LogP contribution in [-0.2, 0) is 22.7 Å². The van der Waals surface area contributed by atoms with Gasteiger partial charge in [-0.15, -0.1) is 0 Å². The van der Waals surface area contributed by atoms with Gasteiger partial charge in [0.2, 0.25) is 0 Å². The van der Waals surface area contributed by atoms with E-state index < -0.39 is 5.41 Å². The van der Waals surface area contributed by atoms with E-state index in [2.05, 4.69) is 72.7 Å². The Morgan fingerprint density at radius 2 is 1.36 bits per heavy atom. The third kappa shape index (κ3) is 3.05. The summed E-state index contributed by atoms with van der Waals surface area (Å²) in [7, 11) is 0. The highest BCUT2D eigenvalue weighted by Crippen LogP contribution is 2.42. The third-order valence-corrected chi connectivity index (χ3v) is 5.61. The number of rotatable bonds is 1. The van der Waals surface area contributed by atoms with E-state index in [0.717, 1.165) is 17.5 Å². The molecular weight excluding hydrogens is 304 g/mol. The zero-order valence-corrected chi connectivity index (χ0v) is 16.7. The van der Waals surface area contributed by atoms with Crippen LogP contribution in [0.4, 0.5) is 0 Å². The van der Waals surface area contributed by atoms with Gasteiger partial charge in [0.25, 0.3) is 0 Å². The van der Waals surface area contributed by atoms with Gasteiger partial charge in [0.15, 0.2) is 5.78 Å². The molecule has 0 amide bonds. The fourth-order valence-corrected chi connectivity index (χ4v) is 3.70. The fraction of sp³-hybridized carbons (Fsp3) is 0.458. The Morgan fingerprint density at radius 1 is 0.840 bits per heavy atom. The first-order chi connectivity index (χ1) is 11.4. The lowest BCUT2D eigenvalue weighted by atomic mass is 9.73. The lowest BCUT2D eigenvalue weighted by Gasteiger charge is -2.30. The summed E-state index contributed by atoms with van der Waals surface area (Å²) in [5.41, 5.74) is 5.48. The second-order valence-corrected chi connectivity index (χ2v) is 9.79. The molecule has 2 aromatic carbocycles. The van der Waals surface area contributed by atoms with Gasteiger partial charge in [0, 0.05) is 5.56 Å². The molecule has 1 atom stereocenters. The van der Waals surface area contributed by atoms with Crippen LogP contribution in [0.2, 0.25) is 0 Å². The van der Waals surface area contributed by atoms with Crippen molar-refractivity contribution in [3.8, 4) is 0 Å². The molecule has 3 rings (SSSR count). The normalized spacial score (nSPS) is 20.7. The minimum absolute atomic E-state index is 0.0564. The molecule has 0 radical (unpaired) electrons. The fourth-order valence-electron chi connectivity index (χ4n) is 3.70. The maximum absolute atomic E-state index is 13.2. The van der Waals surface area contributed by atoms with Crippen molar-refractivity contribution in [3.05, 3.63) is 70.3 Å². The summed E-state index contributed by atoms with van der Waals surface area (Å²) in [6, 6.07) is 14.9. The molecule has 132 valence electrons. The van der Waals surface area contributed by atoms with Gasteiger partial charge in [-0.2, -0.15) is 0 Å². The molecule has 0 fully saturated rings. The van der Waals surface area contributed by atoms with E-state index in [-0.39, 0.29) is 16.6 Å². The summed E-state index contributed by atoms with van der Waals surface area (Å²) in [6.07, 6.45) is 0.791. The van der Waals surface area contributed by atoms with Gasteiger partial charge in [0.05, 0.1) is 5.41 Å². The number of carbonyl (C=O) groups excluding carboxylic acids is 1. The monoisotopic (exact) mass is 334 g/mol. The summed E-state index contributed by atoms with van der Waals surface area (Å²) in [5, 5.41) is 0. The van der Waals surface area contributed by atoms with Crippen LogP contribution in [0.5, 0.6) is 0 Å². The quantitative estimate of drug-likeness (QED) is 0.627. The Labute approximate surface area is 152 Å². The lowest BCUT2D eigenvalue weighted by molar-refractivity contribution is 0.0915. The zero-order chi connectivity index (χ0) is 18.6. The molecule has 0 aromatic heterocycles. The smallest absolute Gasteiger partial charge is 0.173 e. The van der Waals surface area contributed by atoms with Crippen molar-refractivity contribution in [1.82, 2.24) is 0 Å². The molecule has 1 aliphatic carbocycles. The molecule has 1 heteroatoms. The summed E-state index contributed by atoms with van der Waals surface area (Å²) in [6.45, 7) is 15.6. The number of fused-ring (bicyclic) bond motifs is 1.